The van der Waals surface area contributed by atoms with Gasteiger partial charge >= 0.3 is 0 Å². The van der Waals surface area contributed by atoms with Crippen molar-refractivity contribution in [3.63, 3.8) is 0 Å². The minimum absolute atomic E-state index is 0.0470. The molecule has 2 aromatic rings. The van der Waals surface area contributed by atoms with E-state index < -0.39 is 0 Å². The Morgan fingerprint density at radius 1 is 1.30 bits per heavy atom. The zero-order chi connectivity index (χ0) is 19.2. The van der Waals surface area contributed by atoms with E-state index in [0.29, 0.717) is 12.6 Å². The van der Waals surface area contributed by atoms with Crippen LogP contribution in [0.1, 0.15) is 41.1 Å². The molecular formula is C22H30N4O. The first-order valence-electron chi connectivity index (χ1n) is 9.72. The molecule has 1 fully saturated rings. The van der Waals surface area contributed by atoms with Crippen molar-refractivity contribution in [2.75, 3.05) is 26.7 Å². The lowest BCUT2D eigenvalue weighted by molar-refractivity contribution is -0.123. The summed E-state index contributed by atoms with van der Waals surface area (Å²) in [6.45, 7) is 6.63. The number of likely N-dealkylation sites (N-methyl/N-ethyl adjacent to an activating group) is 1. The van der Waals surface area contributed by atoms with E-state index in [4.69, 9.17) is 0 Å². The van der Waals surface area contributed by atoms with Crippen molar-refractivity contribution in [2.24, 2.45) is 0 Å². The smallest absolute Gasteiger partial charge is 0.234 e. The van der Waals surface area contributed by atoms with Crippen LogP contribution in [0.4, 0.5) is 0 Å². The number of pyridine rings is 1. The average molecular weight is 367 g/mol. The molecule has 0 spiro atoms. The molecule has 27 heavy (non-hydrogen) atoms. The Kier molecular flexibility index (Phi) is 6.58. The molecule has 3 rings (SSSR count). The molecule has 1 aliphatic rings. The first-order valence-corrected chi connectivity index (χ1v) is 9.72. The molecular weight excluding hydrogens is 336 g/mol. The summed E-state index contributed by atoms with van der Waals surface area (Å²) in [6, 6.07) is 10.6. The summed E-state index contributed by atoms with van der Waals surface area (Å²) in [6.07, 6.45) is 5.78. The highest BCUT2D eigenvalue weighted by Crippen LogP contribution is 2.25. The molecule has 2 N–H and O–H groups in total. The van der Waals surface area contributed by atoms with E-state index in [0.717, 1.165) is 37.1 Å². The van der Waals surface area contributed by atoms with E-state index in [1.807, 2.05) is 25.4 Å². The summed E-state index contributed by atoms with van der Waals surface area (Å²) >= 11 is 0. The van der Waals surface area contributed by atoms with Gasteiger partial charge in [0, 0.05) is 18.4 Å². The number of carbonyl (C=O) groups excluding carboxylic acids is 1. The lowest BCUT2D eigenvalue weighted by atomic mass is 9.94. The second kappa shape index (κ2) is 9.11. The number of aryl methyl sites for hydroxylation is 2. The zero-order valence-corrected chi connectivity index (χ0v) is 16.5. The van der Waals surface area contributed by atoms with E-state index in [2.05, 4.69) is 52.6 Å². The maximum Gasteiger partial charge on any atom is 0.234 e. The van der Waals surface area contributed by atoms with Gasteiger partial charge in [-0.15, -0.1) is 0 Å². The highest BCUT2D eigenvalue weighted by atomic mass is 16.2. The van der Waals surface area contributed by atoms with Crippen LogP contribution in [0.2, 0.25) is 0 Å². The minimum Gasteiger partial charge on any atom is -0.344 e. The van der Waals surface area contributed by atoms with Gasteiger partial charge < -0.3 is 10.6 Å². The predicted molar refractivity (Wildman–Crippen MR) is 109 cm³/mol. The fourth-order valence-corrected chi connectivity index (χ4v) is 3.77. The van der Waals surface area contributed by atoms with Crippen molar-refractivity contribution in [1.29, 1.82) is 0 Å². The fourth-order valence-electron chi connectivity index (χ4n) is 3.77. The van der Waals surface area contributed by atoms with Gasteiger partial charge in [0.25, 0.3) is 0 Å². The lowest BCUT2D eigenvalue weighted by Gasteiger charge is -2.31. The van der Waals surface area contributed by atoms with Crippen molar-refractivity contribution in [3.05, 3.63) is 65.0 Å². The molecule has 1 aromatic heterocycles. The number of aromatic nitrogens is 1. The van der Waals surface area contributed by atoms with Gasteiger partial charge in [0.2, 0.25) is 5.91 Å². The number of nitrogens with one attached hydrogen (secondary N) is 2. The van der Waals surface area contributed by atoms with Crippen molar-refractivity contribution < 1.29 is 4.79 Å². The van der Waals surface area contributed by atoms with Crippen molar-refractivity contribution >= 4 is 5.91 Å². The van der Waals surface area contributed by atoms with Crippen LogP contribution < -0.4 is 10.6 Å². The number of rotatable bonds is 6. The number of benzene rings is 1. The van der Waals surface area contributed by atoms with Crippen LogP contribution in [0.25, 0.3) is 0 Å². The second-order valence-electron chi connectivity index (χ2n) is 7.54. The third kappa shape index (κ3) is 5.15. The fraction of sp³-hybridized carbons (Fsp3) is 0.455. The van der Waals surface area contributed by atoms with Crippen LogP contribution in [0, 0.1) is 13.8 Å². The molecule has 0 unspecified atom stereocenters. The molecule has 1 saturated heterocycles. The molecule has 0 radical (unpaired) electrons. The molecule has 1 aliphatic heterocycles. The Morgan fingerprint density at radius 2 is 2.07 bits per heavy atom. The van der Waals surface area contributed by atoms with Gasteiger partial charge in [-0.05, 0) is 69.6 Å². The van der Waals surface area contributed by atoms with Gasteiger partial charge in [-0.3, -0.25) is 14.7 Å². The SMILES string of the molecule is Cc1ccc(C)c([C@@H](NC(=O)CN(C)C2CCNCC2)c2cccnc2)c1. The van der Waals surface area contributed by atoms with Crippen LogP contribution in [0.5, 0.6) is 0 Å². The number of carbonyl (C=O) groups is 1. The Balaban J connectivity index is 1.77. The van der Waals surface area contributed by atoms with Gasteiger partial charge in [-0.2, -0.15) is 0 Å². The number of piperidine rings is 1. The summed E-state index contributed by atoms with van der Waals surface area (Å²) in [7, 11) is 2.05. The van der Waals surface area contributed by atoms with E-state index in [1.54, 1.807) is 6.20 Å². The van der Waals surface area contributed by atoms with Gasteiger partial charge in [0.15, 0.2) is 0 Å². The van der Waals surface area contributed by atoms with Crippen LogP contribution in [-0.4, -0.2) is 48.5 Å². The maximum absolute atomic E-state index is 12.9. The Labute approximate surface area is 162 Å². The molecule has 5 heteroatoms. The molecule has 0 saturated carbocycles. The largest absolute Gasteiger partial charge is 0.344 e. The predicted octanol–water partition coefficient (Wildman–Crippen LogP) is 2.59. The van der Waals surface area contributed by atoms with Crippen molar-refractivity contribution in [3.8, 4) is 0 Å². The molecule has 2 heterocycles. The van der Waals surface area contributed by atoms with Crippen LogP contribution in [0.3, 0.4) is 0 Å². The number of hydrogen-bond acceptors (Lipinski definition) is 4. The Morgan fingerprint density at radius 3 is 2.78 bits per heavy atom. The minimum atomic E-state index is -0.187. The van der Waals surface area contributed by atoms with E-state index in [9.17, 15) is 4.79 Å². The zero-order valence-electron chi connectivity index (χ0n) is 16.5. The quantitative estimate of drug-likeness (QED) is 0.825. The van der Waals surface area contributed by atoms with Gasteiger partial charge in [-0.1, -0.05) is 29.8 Å². The van der Waals surface area contributed by atoms with Crippen LogP contribution >= 0.6 is 0 Å². The average Bonchev–Trinajstić information content (AvgIpc) is 2.69. The summed E-state index contributed by atoms with van der Waals surface area (Å²) in [5, 5.41) is 6.63. The number of amides is 1. The molecule has 1 aromatic carbocycles. The second-order valence-corrected chi connectivity index (χ2v) is 7.54. The molecule has 1 amide bonds. The molecule has 144 valence electrons. The third-order valence-electron chi connectivity index (χ3n) is 5.39. The monoisotopic (exact) mass is 366 g/mol. The van der Waals surface area contributed by atoms with Crippen LogP contribution in [-0.2, 0) is 4.79 Å². The van der Waals surface area contributed by atoms with E-state index >= 15 is 0 Å². The number of hydrogen-bond donors (Lipinski definition) is 2. The lowest BCUT2D eigenvalue weighted by Crippen LogP contribution is -2.46. The van der Waals surface area contributed by atoms with E-state index in [1.165, 1.54) is 11.1 Å². The normalized spacial score (nSPS) is 16.3. The standard InChI is InChI=1S/C22H30N4O/c1-16-6-7-17(2)20(13-16)22(18-5-4-10-24-14-18)25-21(27)15-26(3)19-8-11-23-12-9-19/h4-7,10,13-14,19,22-23H,8-9,11-12,15H2,1-3H3,(H,25,27)/t22-/m0/s1. The van der Waals surface area contributed by atoms with Gasteiger partial charge in [-0.25, -0.2) is 0 Å². The molecule has 1 atom stereocenters. The van der Waals surface area contributed by atoms with Crippen molar-refractivity contribution in [2.45, 2.75) is 38.8 Å². The highest BCUT2D eigenvalue weighted by molar-refractivity contribution is 5.79. The summed E-state index contributed by atoms with van der Waals surface area (Å²) < 4.78 is 0. The summed E-state index contributed by atoms with van der Waals surface area (Å²) in [4.78, 5) is 19.3. The summed E-state index contributed by atoms with van der Waals surface area (Å²) in [5.74, 6) is 0.0470. The third-order valence-corrected chi connectivity index (χ3v) is 5.39. The Hall–Kier alpha value is -2.24. The first kappa shape index (κ1) is 19.5. The number of nitrogens with zero attached hydrogens (tertiary/aromatic N) is 2. The summed E-state index contributed by atoms with van der Waals surface area (Å²) in [5.41, 5.74) is 4.48. The molecule has 0 bridgehead atoms. The Bertz CT molecular complexity index is 756. The van der Waals surface area contributed by atoms with E-state index in [-0.39, 0.29) is 11.9 Å². The van der Waals surface area contributed by atoms with Gasteiger partial charge in [0.1, 0.15) is 0 Å². The highest BCUT2D eigenvalue weighted by Gasteiger charge is 2.23. The van der Waals surface area contributed by atoms with Gasteiger partial charge in [0.05, 0.1) is 12.6 Å². The maximum atomic E-state index is 12.9. The molecule has 0 aliphatic carbocycles. The molecule has 5 nitrogen and oxygen atoms in total. The topological polar surface area (TPSA) is 57.3 Å². The van der Waals surface area contributed by atoms with Crippen LogP contribution in [0.15, 0.2) is 42.7 Å². The first-order chi connectivity index (χ1) is 13.0. The van der Waals surface area contributed by atoms with Crippen molar-refractivity contribution in [1.82, 2.24) is 20.5 Å².